The predicted molar refractivity (Wildman–Crippen MR) is 117 cm³/mol. The van der Waals surface area contributed by atoms with Crippen LogP contribution in [0.4, 0.5) is 0 Å². The average Bonchev–Trinajstić information content (AvgIpc) is 3.16. The highest BCUT2D eigenvalue weighted by Crippen LogP contribution is 2.39. The first-order valence-corrected chi connectivity index (χ1v) is 11.1. The van der Waals surface area contributed by atoms with Gasteiger partial charge >= 0.3 is 12.7 Å². The number of hydrogen-bond acceptors (Lipinski definition) is 8. The molecule has 3 aliphatic rings. The maximum absolute atomic E-state index is 12.6. The molecule has 2 saturated heterocycles. The molecule has 2 amide bonds. The van der Waals surface area contributed by atoms with Gasteiger partial charge in [0.1, 0.15) is 17.4 Å². The number of carboxylic acid groups (broad SMARTS) is 1. The summed E-state index contributed by atoms with van der Waals surface area (Å²) in [5, 5.41) is 32.5. The number of rotatable bonds is 6. The lowest BCUT2D eigenvalue weighted by Crippen LogP contribution is -2.56. The van der Waals surface area contributed by atoms with E-state index < -0.39 is 12.7 Å². The molecule has 0 bridgehead atoms. The largest absolute Gasteiger partial charge is 0.669 e. The Morgan fingerprint density at radius 1 is 1.27 bits per heavy atom. The molecule has 0 radical (unpaired) electrons. The van der Waals surface area contributed by atoms with Crippen molar-refractivity contribution in [1.29, 1.82) is 0 Å². The number of amides is 2. The molecule has 33 heavy (non-hydrogen) atoms. The van der Waals surface area contributed by atoms with Crippen molar-refractivity contribution in [3.8, 4) is 11.5 Å². The van der Waals surface area contributed by atoms with Gasteiger partial charge in [-0.25, -0.2) is 4.79 Å². The van der Waals surface area contributed by atoms with Gasteiger partial charge in [0, 0.05) is 20.5 Å². The lowest BCUT2D eigenvalue weighted by molar-refractivity contribution is -0.141. The lowest BCUT2D eigenvalue weighted by atomic mass is 9.70. The fourth-order valence-electron chi connectivity index (χ4n) is 4.57. The molecule has 11 nitrogen and oxygen atoms in total. The van der Waals surface area contributed by atoms with E-state index in [1.165, 1.54) is 6.07 Å². The number of nitrogens with one attached hydrogen (secondary N) is 1. The molecule has 0 spiro atoms. The van der Waals surface area contributed by atoms with Gasteiger partial charge in [0.05, 0.1) is 24.9 Å². The molecule has 0 saturated carbocycles. The van der Waals surface area contributed by atoms with Crippen LogP contribution in [0.1, 0.15) is 28.8 Å². The summed E-state index contributed by atoms with van der Waals surface area (Å²) in [6, 6.07) is 2.93. The molecule has 3 aliphatic heterocycles. The van der Waals surface area contributed by atoms with E-state index >= 15 is 0 Å². The number of likely N-dealkylation sites (tertiary alicyclic amines) is 1. The number of fused-ring (bicyclic) bond motifs is 1. The molecular weight excluding hydrogens is 433 g/mol. The van der Waals surface area contributed by atoms with Gasteiger partial charge in [0.15, 0.2) is 0 Å². The van der Waals surface area contributed by atoms with Gasteiger partial charge in [0.25, 0.3) is 0 Å². The van der Waals surface area contributed by atoms with Crippen molar-refractivity contribution in [3.05, 3.63) is 23.3 Å². The number of carbonyl (C=O) groups is 3. The Balaban J connectivity index is 1.33. The van der Waals surface area contributed by atoms with Crippen molar-refractivity contribution in [2.75, 3.05) is 33.7 Å². The number of ether oxygens (including phenoxy) is 1. The van der Waals surface area contributed by atoms with E-state index in [1.54, 1.807) is 30.0 Å². The van der Waals surface area contributed by atoms with E-state index in [1.807, 2.05) is 0 Å². The molecule has 2 atom stereocenters. The van der Waals surface area contributed by atoms with Crippen molar-refractivity contribution in [2.24, 2.45) is 5.92 Å². The minimum atomic E-state index is -3.11. The van der Waals surface area contributed by atoms with Gasteiger partial charge < -0.3 is 39.7 Å². The Morgan fingerprint density at radius 3 is 2.67 bits per heavy atom. The van der Waals surface area contributed by atoms with Crippen molar-refractivity contribution in [3.63, 3.8) is 0 Å². The Hall–Kier alpha value is -2.83. The topological polar surface area (TPSA) is 149 Å². The van der Waals surface area contributed by atoms with E-state index in [0.29, 0.717) is 38.0 Å². The van der Waals surface area contributed by atoms with Crippen molar-refractivity contribution < 1.29 is 38.9 Å². The van der Waals surface area contributed by atoms with Crippen molar-refractivity contribution >= 4 is 24.5 Å². The third kappa shape index (κ3) is 4.92. The number of likely N-dealkylation sites (N-methyl/N-ethyl adjacent to an activating group) is 1. The number of carboxylic acids is 1. The molecule has 3 heterocycles. The zero-order chi connectivity index (χ0) is 23.9. The quantitative estimate of drug-likeness (QED) is 0.402. The maximum atomic E-state index is 12.6. The minimum Gasteiger partial charge on any atom is -0.669 e. The van der Waals surface area contributed by atoms with Crippen LogP contribution in [0.2, 0.25) is 6.32 Å². The third-order valence-corrected chi connectivity index (χ3v) is 6.43. The second-order valence-electron chi connectivity index (χ2n) is 9.28. The molecule has 4 N–H and O–H groups in total. The summed E-state index contributed by atoms with van der Waals surface area (Å²) < 4.78 is 11.0. The van der Waals surface area contributed by atoms with E-state index in [4.69, 9.17) is 9.39 Å². The first-order valence-electron chi connectivity index (χ1n) is 11.1. The Morgan fingerprint density at radius 2 is 2.00 bits per heavy atom. The predicted octanol–water partition coefficient (Wildman–Crippen LogP) is -0.711. The highest BCUT2D eigenvalue weighted by atomic mass is 16.6. The lowest BCUT2D eigenvalue weighted by Gasteiger charge is -2.40. The monoisotopic (exact) mass is 462 g/mol. The fraction of sp³-hybridized carbons (Fsp3) is 0.571. The molecule has 4 rings (SSSR count). The number of aromatic carboxylic acids is 1. The number of nitrogens with zero attached hydrogens (tertiary/aromatic N) is 2. The zero-order valence-electron chi connectivity index (χ0n) is 18.7. The van der Waals surface area contributed by atoms with Crippen LogP contribution in [0.15, 0.2) is 12.1 Å². The van der Waals surface area contributed by atoms with E-state index in [9.17, 15) is 29.5 Å². The molecule has 1 aromatic rings. The van der Waals surface area contributed by atoms with E-state index in [0.717, 1.165) is 0 Å². The van der Waals surface area contributed by atoms with Gasteiger partial charge in [-0.05, 0) is 36.9 Å². The summed E-state index contributed by atoms with van der Waals surface area (Å²) in [6.07, 6.45) is 0.850. The van der Waals surface area contributed by atoms with Gasteiger partial charge in [-0.1, -0.05) is 12.4 Å². The maximum Gasteiger partial charge on any atom is 0.430 e. The molecule has 2 fully saturated rings. The first-order chi connectivity index (χ1) is 15.5. The van der Waals surface area contributed by atoms with Crippen LogP contribution >= 0.6 is 0 Å². The number of carbonyl (C=O) groups excluding carboxylic acids is 2. The highest BCUT2D eigenvalue weighted by molar-refractivity contribution is 6.59. The van der Waals surface area contributed by atoms with Crippen LogP contribution in [0.25, 0.3) is 0 Å². The summed E-state index contributed by atoms with van der Waals surface area (Å²) in [7, 11) is 3.41. The van der Waals surface area contributed by atoms with Crippen LogP contribution in [-0.2, 0) is 16.0 Å². The Bertz CT molecular complexity index is 963. The smallest absolute Gasteiger partial charge is 0.430 e. The number of aryl methyl sites for hydroxylation is 1. The summed E-state index contributed by atoms with van der Waals surface area (Å²) in [5.74, 6) is -1.25. The molecular formula is C21H29BN3O8-. The summed E-state index contributed by atoms with van der Waals surface area (Å²) in [6.45, 7) is -1.85. The summed E-state index contributed by atoms with van der Waals surface area (Å²) in [5.41, 5.74) is 0.321. The second-order valence-corrected chi connectivity index (χ2v) is 9.28. The molecule has 0 aromatic heterocycles. The first kappa shape index (κ1) is 23.3. The second kappa shape index (κ2) is 8.84. The van der Waals surface area contributed by atoms with E-state index in [-0.39, 0.29) is 59.7 Å². The SMILES string of the molecule is CN(C)C(=O)[C@H]1C[C@@H](CC(=O)N2CC(Oc3ccc4c(c3C(=O)O)O[B-](O)(O)CC4)C2)CN1. The van der Waals surface area contributed by atoms with Gasteiger partial charge in [-0.15, -0.1) is 0 Å². The van der Waals surface area contributed by atoms with Gasteiger partial charge in [-0.2, -0.15) is 0 Å². The third-order valence-electron chi connectivity index (χ3n) is 6.43. The average molecular weight is 462 g/mol. The zero-order valence-corrected chi connectivity index (χ0v) is 18.7. The van der Waals surface area contributed by atoms with Gasteiger partial charge in [-0.3, -0.25) is 9.59 Å². The Kier molecular flexibility index (Phi) is 6.25. The molecule has 0 unspecified atom stereocenters. The van der Waals surface area contributed by atoms with Crippen LogP contribution in [-0.4, -0.2) is 95.4 Å². The molecule has 12 heteroatoms. The fourth-order valence-corrected chi connectivity index (χ4v) is 4.57. The van der Waals surface area contributed by atoms with Crippen molar-refractivity contribution in [1.82, 2.24) is 15.1 Å². The summed E-state index contributed by atoms with van der Waals surface area (Å²) >= 11 is 0. The van der Waals surface area contributed by atoms with Crippen LogP contribution in [0.3, 0.4) is 0 Å². The number of benzene rings is 1. The van der Waals surface area contributed by atoms with Crippen LogP contribution < -0.4 is 14.7 Å². The normalized spacial score (nSPS) is 23.8. The van der Waals surface area contributed by atoms with Crippen molar-refractivity contribution in [2.45, 2.75) is 37.7 Å². The highest BCUT2D eigenvalue weighted by Gasteiger charge is 2.38. The summed E-state index contributed by atoms with van der Waals surface area (Å²) in [4.78, 5) is 39.7. The molecule has 180 valence electrons. The van der Waals surface area contributed by atoms with Crippen LogP contribution in [0, 0.1) is 5.92 Å². The molecule has 0 aliphatic carbocycles. The number of hydrogen-bond donors (Lipinski definition) is 4. The Labute approximate surface area is 191 Å². The minimum absolute atomic E-state index is 0.00599. The van der Waals surface area contributed by atoms with Gasteiger partial charge in [0.2, 0.25) is 11.8 Å². The molecule has 1 aromatic carbocycles. The van der Waals surface area contributed by atoms with Crippen LogP contribution in [0.5, 0.6) is 11.5 Å². The standard InChI is InChI=1S/C21H29BN3O8/c1-24(2)20(27)15-7-12(9-23-15)8-17(26)25-10-14(11-25)32-16-4-3-13-5-6-22(30,31)33-19(13)18(16)21(28)29/h3-4,12,14-15,23,30-31H,5-11H2,1-2H3,(H,28,29)/q-1/t12-,15+/m0/s1. The van der Waals surface area contributed by atoms with E-state index in [2.05, 4.69) is 5.32 Å².